The molecule has 131 heavy (non-hydrogen) atoms. The maximum Gasteiger partial charge on any atom is 0.102 e. The van der Waals surface area contributed by atoms with Gasteiger partial charge in [0.05, 0.1) is 117 Å². The molecule has 798 valence electrons. The van der Waals surface area contributed by atoms with Crippen molar-refractivity contribution in [3.05, 3.63) is 0 Å². The van der Waals surface area contributed by atoms with Crippen LogP contribution in [0.5, 0.6) is 0 Å². The minimum atomic E-state index is -4.88. The smallest absolute Gasteiger partial charge is 0.102 e. The summed E-state index contributed by atoms with van der Waals surface area (Å²) < 4.78 is 110. The fourth-order valence-corrected chi connectivity index (χ4v) is 10.8. The number of urea groups is 1. The Morgan fingerprint density at radius 1 is 0.496 bits per heavy atom. The number of carbonyl (C=O) groups excluding carboxylic acids is 6. The number of hydrogen-bond donors (Lipinski definition) is 9. The molecule has 0 aliphatic rings. The van der Waals surface area contributed by atoms with Crippen LogP contribution in [0.4, 0.5) is 28.8 Å². The zero-order chi connectivity index (χ0) is 109. The Hall–Kier alpha value is -2.42. The Kier molecular flexibility index (Phi) is 120. The predicted octanol–water partition coefficient (Wildman–Crippen LogP) is 9.98. The molecule has 0 aliphatic carbocycles. The number of nitrogens with one attached hydrogen (secondary N) is 4. The van der Waals surface area contributed by atoms with Gasteiger partial charge in [0.2, 0.25) is 10.4 Å². The SMILES string of the molecule is CC(C)C(CO)[N+](C)(C)C.CC(C)C(O)C[N+](C)(C)C.CC(C)NC(=O)N(C)C.CC(C)NC(=O)[S-].CC(C)NC(=O)[Se-].CC(C)NC(=S)N(C)C.CC(C)OC(=O)N(C)C.CC(C)OC(=O)[S-].CC(C)OC(=O)[Se-].CC(C)OC(=S)N(C)C.CC(C)OC(=S)[S-].CC(C)OC(=S)[Se-].CC(C)OP(=O)([O-])O.CC(C)OS(=O)(=O)[O-].CC(C)O[Se](=O)(=O)O.CC(C)[N+](C)(C)CCO. The molecular weight excluding hydrogens is 2150 g/mol. The van der Waals surface area contributed by atoms with Crippen LogP contribution in [0.15, 0.2) is 0 Å². The number of likely N-dealkylation sites (N-methyl/N-ethyl adjacent to an activating group) is 3. The van der Waals surface area contributed by atoms with Crippen LogP contribution in [0.2, 0.25) is 0 Å². The summed E-state index contributed by atoms with van der Waals surface area (Å²) in [5.74, 6) is 0.919. The minimum Gasteiger partial charge on any atom is -0.391 e. The zero-order valence-electron chi connectivity index (χ0n) is 87.9. The van der Waals surface area contributed by atoms with Gasteiger partial charge in [-0.2, -0.15) is 0 Å². The van der Waals surface area contributed by atoms with Crippen LogP contribution in [-0.2, 0) is 101 Å². The molecule has 0 aromatic heterocycles. The average molecular weight is 2330 g/mol. The van der Waals surface area contributed by atoms with E-state index in [-0.39, 0.29) is 105 Å². The largest absolute Gasteiger partial charge is 0.391 e. The molecule has 5 amide bonds. The summed E-state index contributed by atoms with van der Waals surface area (Å²) in [6, 6.07) is 1.99. The van der Waals surface area contributed by atoms with Gasteiger partial charge in [-0.3, -0.25) is 13.5 Å². The standard InChI is InChI=1S/2C8H20NO.C7H18NO.C6H14N2O.C6H14N2S.C6H13NO2.C6H13NOS.C4H9NOS.C4H9NOSe.C4H8O2S.C4H8O2Se.C4H8OS2.C4H8OSSe.C3H9O4P.C3H8O4S.C3H8O4Se/c1-7(2)8(6-10)9(3,4)5;1-7(2)8(10)6-9(3,4)5;1-7(2)8(3,4)5-6-9;2*1-5(2)7-6(9)8(3)4;1-5(2)9-6(8)7(3)4;1-5(2)8-6(9)7(3)4;2*1-3(2)5-4(6)7;2*1-3(2)6-4(5)7;2*1-3(2)5-4(6)7;3*1-3(2)7-8(4,5)6/h2*7-8,10H,6H2,1-5H3;7,9H,5-6H2,1-4H3;2*5H,1-4H3,(H,7,9);2*5H,1-4H3;2*3H,1-2H3,(H2,5,6,7);2*3H,1-2H3,(H,5,7);2*3H,1-2H3,(H,6,7);3H,1-2H3,(H2,4,5,6);2*3H,1-2H3,(H,4,5,6)/q3*+1;;;;;;;;;;;;;/p-8. The number of carbonyl (C=O) groups is 6. The second kappa shape index (κ2) is 95.1. The van der Waals surface area contributed by atoms with Crippen LogP contribution in [0.1, 0.15) is 222 Å². The van der Waals surface area contributed by atoms with E-state index in [0.29, 0.717) is 39.1 Å². The van der Waals surface area contributed by atoms with Crippen molar-refractivity contribution < 1.29 is 138 Å². The van der Waals surface area contributed by atoms with Crippen LogP contribution >= 0.6 is 56.7 Å². The second-order valence-electron chi connectivity index (χ2n) is 35.0. The van der Waals surface area contributed by atoms with Gasteiger partial charge in [0.25, 0.3) is 13.0 Å². The Morgan fingerprint density at radius 2 is 0.855 bits per heavy atom. The normalized spacial score (nSPS) is 11.4. The van der Waals surface area contributed by atoms with E-state index in [4.69, 9.17) is 62.7 Å². The first kappa shape index (κ1) is 165. The van der Waals surface area contributed by atoms with Gasteiger partial charge in [-0.05, 0) is 169 Å². The molecule has 0 fully saturated rings. The average Bonchev–Trinajstić information content (AvgIpc) is 0.879. The van der Waals surface area contributed by atoms with Gasteiger partial charge in [-0.15, -0.1) is 0 Å². The van der Waals surface area contributed by atoms with Gasteiger partial charge in [-0.25, -0.2) is 18.0 Å². The summed E-state index contributed by atoms with van der Waals surface area (Å²) >= 11 is 33.9. The molecular formula is C80H179N11O27PS8Se4-5. The Morgan fingerprint density at radius 3 is 0.901 bits per heavy atom. The monoisotopic (exact) mass is 2330 g/mol. The van der Waals surface area contributed by atoms with Gasteiger partial charge >= 0.3 is 219 Å². The number of aliphatic hydroxyl groups is 3. The molecule has 0 rings (SSSR count). The molecule has 0 heterocycles. The molecule has 0 aromatic carbocycles. The van der Waals surface area contributed by atoms with Gasteiger partial charge < -0.3 is 157 Å². The fourth-order valence-electron chi connectivity index (χ4n) is 5.99. The summed E-state index contributed by atoms with van der Waals surface area (Å²) in [7, 11) is 22.3. The molecule has 0 bridgehead atoms. The second-order valence-corrected chi connectivity index (χ2v) is 45.0. The number of phosphoric acid groups is 1. The Balaban J connectivity index is -0.0000000770. The topological polar surface area (TPSA) is 479 Å². The number of nitrogens with zero attached hydrogens (tertiary/aromatic N) is 7. The van der Waals surface area contributed by atoms with E-state index in [0.717, 1.165) is 31.7 Å². The van der Waals surface area contributed by atoms with Crippen LogP contribution in [0.3, 0.4) is 0 Å². The van der Waals surface area contributed by atoms with Gasteiger partial charge in [-0.1, -0.05) is 27.7 Å². The maximum absolute atomic E-state index is 10.8. The van der Waals surface area contributed by atoms with Crippen LogP contribution in [-0.4, -0.2) is 419 Å². The van der Waals surface area contributed by atoms with Crippen LogP contribution in [0.25, 0.3) is 0 Å². The molecule has 0 saturated heterocycles. The number of aliphatic hydroxyl groups excluding tert-OH is 3. The number of thiocarbonyl (C=S) groups is 4. The Bertz CT molecular complexity index is 2830. The molecule has 0 radical (unpaired) electrons. The molecule has 0 spiro atoms. The first-order valence-electron chi connectivity index (χ1n) is 41.4. The molecule has 3 unspecified atom stereocenters. The molecule has 0 aliphatic heterocycles. The van der Waals surface area contributed by atoms with Crippen molar-refractivity contribution in [2.24, 2.45) is 11.8 Å². The Labute approximate surface area is 858 Å². The number of phosphoric ester groups is 1. The third kappa shape index (κ3) is 203. The van der Waals surface area contributed by atoms with Crippen molar-refractivity contribution in [3.63, 3.8) is 0 Å². The van der Waals surface area contributed by atoms with Crippen molar-refractivity contribution in [1.82, 2.24) is 40.9 Å². The zero-order valence-corrected chi connectivity index (χ0v) is 102. The van der Waals surface area contributed by atoms with Crippen molar-refractivity contribution in [1.29, 1.82) is 0 Å². The van der Waals surface area contributed by atoms with Gasteiger partial charge in [0.15, 0.2) is 10.4 Å². The third-order valence-electron chi connectivity index (χ3n) is 11.7. The quantitative estimate of drug-likeness (QED) is 0.00472. The van der Waals surface area contributed by atoms with E-state index in [2.05, 4.69) is 252 Å². The molecule has 9 N–H and O–H groups in total. The maximum atomic E-state index is 10.8. The number of rotatable bonds is 25. The first-order chi connectivity index (χ1) is 57.9. The molecule has 38 nitrogen and oxygen atoms in total. The minimum absolute atomic E-state index is 0.00579. The molecule has 51 heteroatoms. The van der Waals surface area contributed by atoms with E-state index in [9.17, 15) is 64.0 Å². The van der Waals surface area contributed by atoms with Crippen LogP contribution < -0.4 is 26.2 Å². The number of hydrogen-bond acceptors (Lipinski definition) is 32. The molecule has 3 atom stereocenters. The van der Waals surface area contributed by atoms with Gasteiger partial charge in [0, 0.05) is 84.8 Å². The van der Waals surface area contributed by atoms with E-state index in [1.54, 1.807) is 60.8 Å². The number of quaternary nitrogens is 3. The van der Waals surface area contributed by atoms with Crippen molar-refractivity contribution in [3.8, 4) is 0 Å². The summed E-state index contributed by atoms with van der Waals surface area (Å²) in [4.78, 5) is 85.2. The fraction of sp³-hybridized carbons (Fsp3) is 0.875. The number of amides is 5. The van der Waals surface area contributed by atoms with Crippen LogP contribution in [0, 0.1) is 11.8 Å². The molecule has 0 saturated carbocycles. The van der Waals surface area contributed by atoms with E-state index in [1.165, 1.54) is 51.3 Å². The van der Waals surface area contributed by atoms with Crippen molar-refractivity contribution in [2.45, 2.75) is 319 Å². The van der Waals surface area contributed by atoms with E-state index < -0.39 is 55.2 Å². The summed E-state index contributed by atoms with van der Waals surface area (Å²) in [5.41, 5.74) is 0. The number of ether oxygens (including phenoxy) is 6. The third-order valence-corrected chi connectivity index (χ3v) is 16.4. The van der Waals surface area contributed by atoms with E-state index in [1.807, 2.05) is 144 Å². The first-order valence-corrected chi connectivity index (χ1v) is 52.5. The summed E-state index contributed by atoms with van der Waals surface area (Å²) in [5, 5.41) is 38.4. The van der Waals surface area contributed by atoms with E-state index >= 15 is 0 Å². The van der Waals surface area contributed by atoms with Gasteiger partial charge in [0.1, 0.15) is 25.2 Å². The summed E-state index contributed by atoms with van der Waals surface area (Å²) in [6.45, 7) is 61.8. The van der Waals surface area contributed by atoms with Crippen molar-refractivity contribution >= 4 is 217 Å². The summed E-state index contributed by atoms with van der Waals surface area (Å²) in [6.07, 6.45) is -1.56. The van der Waals surface area contributed by atoms with Crippen molar-refractivity contribution in [2.75, 3.05) is 139 Å². The predicted molar refractivity (Wildman–Crippen MR) is 552 cm³/mol. The molecule has 0 aromatic rings.